The van der Waals surface area contributed by atoms with Gasteiger partial charge in [-0.15, -0.1) is 0 Å². The number of ether oxygens (including phenoxy) is 3. The summed E-state index contributed by atoms with van der Waals surface area (Å²) in [5.74, 6) is -0.209. The van der Waals surface area contributed by atoms with Crippen molar-refractivity contribution in [2.75, 3.05) is 13.2 Å². The predicted molar refractivity (Wildman–Crippen MR) is 111 cm³/mol. The summed E-state index contributed by atoms with van der Waals surface area (Å²) in [4.78, 5) is 11.4. The molecule has 160 valence electrons. The second-order valence-electron chi connectivity index (χ2n) is 6.89. The third-order valence-electron chi connectivity index (χ3n) is 3.97. The SMILES string of the molecule is CC(C)OC(Cc1cccc(OCC(O)COc2ccc(Cl)cc2C#N)c1)C(=O)O. The average Bonchev–Trinajstić information content (AvgIpc) is 2.70. The van der Waals surface area contributed by atoms with Crippen LogP contribution in [0.15, 0.2) is 42.5 Å². The van der Waals surface area contributed by atoms with E-state index in [1.54, 1.807) is 50.2 Å². The Morgan fingerprint density at radius 1 is 1.17 bits per heavy atom. The highest BCUT2D eigenvalue weighted by molar-refractivity contribution is 6.30. The van der Waals surface area contributed by atoms with Crippen molar-refractivity contribution in [3.63, 3.8) is 0 Å². The van der Waals surface area contributed by atoms with E-state index < -0.39 is 18.2 Å². The van der Waals surface area contributed by atoms with Gasteiger partial charge in [-0.1, -0.05) is 23.7 Å². The van der Waals surface area contributed by atoms with Gasteiger partial charge in [-0.2, -0.15) is 5.26 Å². The van der Waals surface area contributed by atoms with Gasteiger partial charge in [0, 0.05) is 11.4 Å². The summed E-state index contributed by atoms with van der Waals surface area (Å²) in [5.41, 5.74) is 1.02. The van der Waals surface area contributed by atoms with Crippen molar-refractivity contribution in [2.45, 2.75) is 38.6 Å². The number of aliphatic hydroxyl groups is 1. The minimum Gasteiger partial charge on any atom is -0.491 e. The first-order valence-electron chi connectivity index (χ1n) is 9.39. The van der Waals surface area contributed by atoms with E-state index >= 15 is 0 Å². The van der Waals surface area contributed by atoms with Crippen molar-refractivity contribution in [3.8, 4) is 17.6 Å². The highest BCUT2D eigenvalue weighted by Gasteiger charge is 2.20. The predicted octanol–water partition coefficient (Wildman–Crippen LogP) is 3.45. The summed E-state index contributed by atoms with van der Waals surface area (Å²) in [6.45, 7) is 3.45. The Morgan fingerprint density at radius 2 is 1.90 bits per heavy atom. The molecule has 2 rings (SSSR count). The molecule has 0 aliphatic carbocycles. The number of nitrogens with zero attached hydrogens (tertiary/aromatic N) is 1. The molecule has 0 fully saturated rings. The Kier molecular flexibility index (Phi) is 8.93. The van der Waals surface area contributed by atoms with Gasteiger partial charge < -0.3 is 24.4 Å². The third kappa shape index (κ3) is 7.56. The van der Waals surface area contributed by atoms with E-state index in [-0.39, 0.29) is 31.3 Å². The van der Waals surface area contributed by atoms with Crippen LogP contribution in [0.5, 0.6) is 11.5 Å². The summed E-state index contributed by atoms with van der Waals surface area (Å²) in [6.07, 6.45) is -1.90. The van der Waals surface area contributed by atoms with Crippen LogP contribution >= 0.6 is 11.6 Å². The van der Waals surface area contributed by atoms with Crippen LogP contribution in [0, 0.1) is 11.3 Å². The van der Waals surface area contributed by atoms with Gasteiger partial charge >= 0.3 is 5.97 Å². The van der Waals surface area contributed by atoms with Crippen molar-refractivity contribution >= 4 is 17.6 Å². The van der Waals surface area contributed by atoms with Crippen molar-refractivity contribution in [1.82, 2.24) is 0 Å². The lowest BCUT2D eigenvalue weighted by molar-refractivity contribution is -0.153. The lowest BCUT2D eigenvalue weighted by Crippen LogP contribution is -2.29. The van der Waals surface area contributed by atoms with Crippen LogP contribution in [-0.4, -0.2) is 47.7 Å². The van der Waals surface area contributed by atoms with Crippen molar-refractivity contribution in [3.05, 3.63) is 58.6 Å². The molecular formula is C22H24ClNO6. The van der Waals surface area contributed by atoms with Crippen molar-refractivity contribution < 1.29 is 29.2 Å². The Balaban J connectivity index is 1.89. The number of carbonyl (C=O) groups is 1. The first-order chi connectivity index (χ1) is 14.3. The van der Waals surface area contributed by atoms with Crippen LogP contribution in [0.4, 0.5) is 0 Å². The summed E-state index contributed by atoms with van der Waals surface area (Å²) < 4.78 is 16.5. The summed E-state index contributed by atoms with van der Waals surface area (Å²) in [6, 6.07) is 13.6. The largest absolute Gasteiger partial charge is 0.491 e. The maximum absolute atomic E-state index is 11.4. The number of halogens is 1. The number of benzene rings is 2. The minimum atomic E-state index is -1.03. The van der Waals surface area contributed by atoms with Gasteiger partial charge in [0.05, 0.1) is 11.7 Å². The van der Waals surface area contributed by atoms with Gasteiger partial charge in [0.15, 0.2) is 6.10 Å². The Hall–Kier alpha value is -2.79. The van der Waals surface area contributed by atoms with Gasteiger partial charge in [-0.05, 0) is 49.7 Å². The summed E-state index contributed by atoms with van der Waals surface area (Å²) in [5, 5.41) is 29.0. The molecule has 2 atom stereocenters. The van der Waals surface area contributed by atoms with Gasteiger partial charge in [-0.3, -0.25) is 0 Å². The first kappa shape index (κ1) is 23.5. The second-order valence-corrected chi connectivity index (χ2v) is 7.33. The van der Waals surface area contributed by atoms with Gasteiger partial charge in [0.1, 0.15) is 36.9 Å². The van der Waals surface area contributed by atoms with E-state index in [2.05, 4.69) is 0 Å². The van der Waals surface area contributed by atoms with E-state index in [0.29, 0.717) is 16.5 Å². The molecular weight excluding hydrogens is 410 g/mol. The average molecular weight is 434 g/mol. The fourth-order valence-electron chi connectivity index (χ4n) is 2.64. The molecule has 0 spiro atoms. The monoisotopic (exact) mass is 433 g/mol. The fourth-order valence-corrected chi connectivity index (χ4v) is 2.81. The zero-order valence-electron chi connectivity index (χ0n) is 16.7. The number of hydrogen-bond donors (Lipinski definition) is 2. The van der Waals surface area contributed by atoms with Crippen LogP contribution in [0.3, 0.4) is 0 Å². The normalized spacial score (nSPS) is 12.8. The van der Waals surface area contributed by atoms with Crippen LogP contribution < -0.4 is 9.47 Å². The topological polar surface area (TPSA) is 109 Å². The molecule has 0 aliphatic heterocycles. The number of carboxylic acid groups (broad SMARTS) is 1. The van der Waals surface area contributed by atoms with Crippen LogP contribution in [-0.2, 0) is 16.0 Å². The van der Waals surface area contributed by atoms with Crippen LogP contribution in [0.1, 0.15) is 25.0 Å². The summed E-state index contributed by atoms with van der Waals surface area (Å²) in [7, 11) is 0. The minimum absolute atomic E-state index is 0.0379. The number of aliphatic hydroxyl groups excluding tert-OH is 1. The molecule has 2 N–H and O–H groups in total. The molecule has 0 aliphatic rings. The molecule has 7 nitrogen and oxygen atoms in total. The van der Waals surface area contributed by atoms with E-state index in [1.165, 1.54) is 6.07 Å². The lowest BCUT2D eigenvalue weighted by atomic mass is 10.1. The second kappa shape index (κ2) is 11.4. The smallest absolute Gasteiger partial charge is 0.333 e. The van der Waals surface area contributed by atoms with Crippen LogP contribution in [0.25, 0.3) is 0 Å². The first-order valence-corrected chi connectivity index (χ1v) is 9.76. The molecule has 0 radical (unpaired) electrons. The Labute approximate surface area is 180 Å². The number of rotatable bonds is 11. The van der Waals surface area contributed by atoms with Gasteiger partial charge in [0.2, 0.25) is 0 Å². The molecule has 2 unspecified atom stereocenters. The van der Waals surface area contributed by atoms with Crippen molar-refractivity contribution in [2.24, 2.45) is 0 Å². The molecule has 0 saturated heterocycles. The van der Waals surface area contributed by atoms with E-state index in [1.807, 2.05) is 6.07 Å². The molecule has 0 amide bonds. The third-order valence-corrected chi connectivity index (χ3v) is 4.20. The Bertz CT molecular complexity index is 895. The molecule has 0 aromatic heterocycles. The maximum Gasteiger partial charge on any atom is 0.333 e. The molecule has 2 aromatic carbocycles. The fraction of sp³-hybridized carbons (Fsp3) is 0.364. The molecule has 0 saturated carbocycles. The number of carboxylic acids is 1. The van der Waals surface area contributed by atoms with Crippen molar-refractivity contribution in [1.29, 1.82) is 5.26 Å². The summed E-state index contributed by atoms with van der Waals surface area (Å²) >= 11 is 5.85. The van der Waals surface area contributed by atoms with Gasteiger partial charge in [0.25, 0.3) is 0 Å². The molecule has 8 heteroatoms. The van der Waals surface area contributed by atoms with Gasteiger partial charge in [-0.25, -0.2) is 4.79 Å². The molecule has 0 heterocycles. The Morgan fingerprint density at radius 3 is 2.57 bits per heavy atom. The number of nitriles is 1. The quantitative estimate of drug-likeness (QED) is 0.558. The molecule has 2 aromatic rings. The standard InChI is InChI=1S/C22H24ClNO6/c1-14(2)30-21(22(26)27)9-15-4-3-5-19(8-15)28-12-18(25)13-29-20-7-6-17(23)10-16(20)11-24/h3-8,10,14,18,21,25H,9,12-13H2,1-2H3,(H,26,27). The zero-order chi connectivity index (χ0) is 22.1. The number of aliphatic carboxylic acids is 1. The lowest BCUT2D eigenvalue weighted by Gasteiger charge is -2.17. The van der Waals surface area contributed by atoms with E-state index in [4.69, 9.17) is 31.1 Å². The number of hydrogen-bond acceptors (Lipinski definition) is 6. The molecule has 30 heavy (non-hydrogen) atoms. The molecule has 0 bridgehead atoms. The highest BCUT2D eigenvalue weighted by atomic mass is 35.5. The van der Waals surface area contributed by atoms with E-state index in [9.17, 15) is 15.0 Å². The van der Waals surface area contributed by atoms with Crippen LogP contribution in [0.2, 0.25) is 5.02 Å². The van der Waals surface area contributed by atoms with E-state index in [0.717, 1.165) is 5.56 Å². The highest BCUT2D eigenvalue weighted by Crippen LogP contribution is 2.22. The maximum atomic E-state index is 11.4. The zero-order valence-corrected chi connectivity index (χ0v) is 17.5.